The van der Waals surface area contributed by atoms with Crippen molar-refractivity contribution in [3.63, 3.8) is 0 Å². The zero-order valence-electron chi connectivity index (χ0n) is 15.1. The van der Waals surface area contributed by atoms with Crippen molar-refractivity contribution in [3.05, 3.63) is 54.1 Å². The van der Waals surface area contributed by atoms with Crippen molar-refractivity contribution in [2.45, 2.75) is 23.7 Å². The van der Waals surface area contributed by atoms with Crippen molar-refractivity contribution in [1.29, 1.82) is 0 Å². The fourth-order valence-electron chi connectivity index (χ4n) is 3.38. The zero-order chi connectivity index (χ0) is 18.1. The molecule has 0 atom stereocenters. The van der Waals surface area contributed by atoms with Crippen LogP contribution >= 0.6 is 11.9 Å². The van der Waals surface area contributed by atoms with Crippen LogP contribution in [0.2, 0.25) is 0 Å². The molecular weight excluding hydrogens is 356 g/mol. The molecule has 1 aliphatic heterocycles. The summed E-state index contributed by atoms with van der Waals surface area (Å²) in [5.41, 5.74) is 3.58. The lowest BCUT2D eigenvalue weighted by Crippen LogP contribution is -2.31. The Morgan fingerprint density at radius 2 is 1.81 bits per heavy atom. The topological polar surface area (TPSA) is 54.0 Å². The van der Waals surface area contributed by atoms with Gasteiger partial charge in [-0.2, -0.15) is 5.10 Å². The van der Waals surface area contributed by atoms with Crippen LogP contribution in [0, 0.1) is 0 Å². The third kappa shape index (κ3) is 3.78. The smallest absolute Gasteiger partial charge is 0.181 e. The van der Waals surface area contributed by atoms with E-state index in [9.17, 15) is 0 Å². The molecule has 6 heteroatoms. The SMILES string of the molecule is c1ccc(-c2nc(-c3ccc(C4CC4)c(SN4CCOCC4)c3)n[nH]2)cc1. The van der Waals surface area contributed by atoms with Crippen molar-refractivity contribution in [2.75, 3.05) is 26.3 Å². The van der Waals surface area contributed by atoms with Gasteiger partial charge in [0.2, 0.25) is 0 Å². The summed E-state index contributed by atoms with van der Waals surface area (Å²) in [6.07, 6.45) is 2.60. The Kier molecular flexibility index (Phi) is 4.69. The van der Waals surface area contributed by atoms with E-state index in [2.05, 4.69) is 32.7 Å². The van der Waals surface area contributed by atoms with Gasteiger partial charge >= 0.3 is 0 Å². The Bertz CT molecular complexity index is 917. The second kappa shape index (κ2) is 7.46. The van der Waals surface area contributed by atoms with Crippen molar-refractivity contribution < 1.29 is 4.74 Å². The minimum absolute atomic E-state index is 0.717. The number of aromatic nitrogens is 3. The Hall–Kier alpha value is -2.15. The lowest BCUT2D eigenvalue weighted by Gasteiger charge is -2.26. The minimum atomic E-state index is 0.717. The first-order chi connectivity index (χ1) is 13.4. The largest absolute Gasteiger partial charge is 0.379 e. The zero-order valence-corrected chi connectivity index (χ0v) is 15.9. The number of hydrogen-bond acceptors (Lipinski definition) is 5. The number of hydrogen-bond donors (Lipinski definition) is 1. The molecule has 0 bridgehead atoms. The Morgan fingerprint density at radius 3 is 2.59 bits per heavy atom. The second-order valence-corrected chi connectivity index (χ2v) is 8.17. The highest BCUT2D eigenvalue weighted by molar-refractivity contribution is 7.97. The summed E-state index contributed by atoms with van der Waals surface area (Å²) in [4.78, 5) is 6.06. The van der Waals surface area contributed by atoms with Gasteiger partial charge in [-0.15, -0.1) is 0 Å². The van der Waals surface area contributed by atoms with Gasteiger partial charge in [0.15, 0.2) is 11.6 Å². The molecule has 5 rings (SSSR count). The quantitative estimate of drug-likeness (QED) is 0.669. The molecule has 27 heavy (non-hydrogen) atoms. The number of aromatic amines is 1. The van der Waals surface area contributed by atoms with Gasteiger partial charge in [0.25, 0.3) is 0 Å². The van der Waals surface area contributed by atoms with Crippen LogP contribution in [-0.4, -0.2) is 45.8 Å². The Balaban J connectivity index is 1.44. The van der Waals surface area contributed by atoms with Crippen LogP contribution in [0.15, 0.2) is 53.4 Å². The summed E-state index contributed by atoms with van der Waals surface area (Å²) in [6, 6.07) is 16.8. The molecule has 1 N–H and O–H groups in total. The van der Waals surface area contributed by atoms with Crippen LogP contribution in [0.3, 0.4) is 0 Å². The molecule has 2 fully saturated rings. The fourth-order valence-corrected chi connectivity index (χ4v) is 4.51. The normalized spacial score (nSPS) is 17.9. The van der Waals surface area contributed by atoms with Crippen molar-refractivity contribution in [3.8, 4) is 22.8 Å². The van der Waals surface area contributed by atoms with E-state index in [0.29, 0.717) is 0 Å². The molecule has 0 radical (unpaired) electrons. The summed E-state index contributed by atoms with van der Waals surface area (Å²) >= 11 is 1.86. The van der Waals surface area contributed by atoms with Gasteiger partial charge in [-0.25, -0.2) is 9.29 Å². The monoisotopic (exact) mass is 378 g/mol. The lowest BCUT2D eigenvalue weighted by atomic mass is 10.1. The molecular formula is C21H22N4OS. The van der Waals surface area contributed by atoms with Crippen LogP contribution in [0.1, 0.15) is 24.3 Å². The molecule has 1 saturated carbocycles. The number of nitrogens with one attached hydrogen (secondary N) is 1. The van der Waals surface area contributed by atoms with Gasteiger partial charge in [0.05, 0.1) is 13.2 Å². The van der Waals surface area contributed by atoms with E-state index in [1.807, 2.05) is 42.3 Å². The predicted octanol–water partition coefficient (Wildman–Crippen LogP) is 4.36. The molecule has 0 spiro atoms. The third-order valence-electron chi connectivity index (χ3n) is 5.02. The second-order valence-electron chi connectivity index (χ2n) is 7.03. The van der Waals surface area contributed by atoms with Crippen molar-refractivity contribution in [2.24, 2.45) is 0 Å². The molecule has 3 aromatic rings. The maximum atomic E-state index is 5.49. The maximum Gasteiger partial charge on any atom is 0.181 e. The van der Waals surface area contributed by atoms with Crippen LogP contribution in [0.25, 0.3) is 22.8 Å². The first-order valence-electron chi connectivity index (χ1n) is 9.49. The first-order valence-corrected chi connectivity index (χ1v) is 10.3. The van der Waals surface area contributed by atoms with Crippen LogP contribution in [0.4, 0.5) is 0 Å². The van der Waals surface area contributed by atoms with Gasteiger partial charge in [-0.3, -0.25) is 5.10 Å². The van der Waals surface area contributed by atoms with Gasteiger partial charge in [-0.05, 0) is 42.3 Å². The number of ether oxygens (including phenoxy) is 1. The highest BCUT2D eigenvalue weighted by Gasteiger charge is 2.27. The summed E-state index contributed by atoms with van der Waals surface area (Å²) in [7, 11) is 0. The van der Waals surface area contributed by atoms with Crippen molar-refractivity contribution in [1.82, 2.24) is 19.5 Å². The maximum absolute atomic E-state index is 5.49. The minimum Gasteiger partial charge on any atom is -0.379 e. The highest BCUT2D eigenvalue weighted by Crippen LogP contribution is 2.45. The average Bonchev–Trinajstić information content (AvgIpc) is 3.45. The number of benzene rings is 2. The molecule has 2 aliphatic rings. The van der Waals surface area contributed by atoms with E-state index in [1.165, 1.54) is 23.3 Å². The molecule has 2 aromatic carbocycles. The van der Waals surface area contributed by atoms with E-state index < -0.39 is 0 Å². The average molecular weight is 379 g/mol. The molecule has 1 aliphatic carbocycles. The molecule has 0 unspecified atom stereocenters. The highest BCUT2D eigenvalue weighted by atomic mass is 32.2. The molecule has 0 amide bonds. The Labute approximate surface area is 163 Å². The van der Waals surface area contributed by atoms with E-state index >= 15 is 0 Å². The predicted molar refractivity (Wildman–Crippen MR) is 107 cm³/mol. The standard InChI is InChI=1S/C21H22N4OS/c1-2-4-16(5-3-1)20-22-21(24-23-20)17-8-9-18(15-6-7-15)19(14-17)27-25-10-12-26-13-11-25/h1-5,8-9,14-15H,6-7,10-13H2,(H,22,23,24). The van der Waals surface area contributed by atoms with Crippen molar-refractivity contribution >= 4 is 11.9 Å². The number of nitrogens with zero attached hydrogens (tertiary/aromatic N) is 3. The molecule has 138 valence electrons. The van der Waals surface area contributed by atoms with Gasteiger partial charge in [-0.1, -0.05) is 42.5 Å². The van der Waals surface area contributed by atoms with Gasteiger partial charge < -0.3 is 4.74 Å². The molecule has 2 heterocycles. The van der Waals surface area contributed by atoms with E-state index in [0.717, 1.165) is 55.0 Å². The summed E-state index contributed by atoms with van der Waals surface area (Å²) < 4.78 is 7.89. The van der Waals surface area contributed by atoms with Crippen LogP contribution in [0.5, 0.6) is 0 Å². The summed E-state index contributed by atoms with van der Waals surface area (Å²) in [5, 5.41) is 7.54. The number of H-pyrrole nitrogens is 1. The summed E-state index contributed by atoms with van der Waals surface area (Å²) in [5.74, 6) is 2.27. The van der Waals surface area contributed by atoms with Crippen LogP contribution in [-0.2, 0) is 4.74 Å². The van der Waals surface area contributed by atoms with E-state index in [1.54, 1.807) is 0 Å². The van der Waals surface area contributed by atoms with Crippen LogP contribution < -0.4 is 0 Å². The fraction of sp³-hybridized carbons (Fsp3) is 0.333. The van der Waals surface area contributed by atoms with E-state index in [4.69, 9.17) is 9.72 Å². The lowest BCUT2D eigenvalue weighted by molar-refractivity contribution is 0.0773. The molecule has 5 nitrogen and oxygen atoms in total. The molecule has 1 aromatic heterocycles. The third-order valence-corrected chi connectivity index (χ3v) is 6.19. The number of rotatable bonds is 5. The Morgan fingerprint density at radius 1 is 1.00 bits per heavy atom. The van der Waals surface area contributed by atoms with Gasteiger partial charge in [0, 0.05) is 29.1 Å². The number of morpholine rings is 1. The van der Waals surface area contributed by atoms with E-state index in [-0.39, 0.29) is 0 Å². The molecule has 1 saturated heterocycles. The first kappa shape index (κ1) is 17.0. The van der Waals surface area contributed by atoms with Gasteiger partial charge in [0.1, 0.15) is 0 Å². The summed E-state index contributed by atoms with van der Waals surface area (Å²) in [6.45, 7) is 3.56.